The molecular formula is C22H13BrN4O. The molecule has 6 heteroatoms. The fourth-order valence-electron chi connectivity index (χ4n) is 3.13. The summed E-state index contributed by atoms with van der Waals surface area (Å²) in [6.07, 6.45) is 0. The van der Waals surface area contributed by atoms with E-state index in [1.807, 2.05) is 66.7 Å². The quantitative estimate of drug-likeness (QED) is 0.381. The van der Waals surface area contributed by atoms with Crippen LogP contribution in [0.1, 0.15) is 16.1 Å². The lowest BCUT2D eigenvalue weighted by Crippen LogP contribution is -2.04. The molecule has 5 rings (SSSR count). The Labute approximate surface area is 168 Å². The zero-order chi connectivity index (χ0) is 19.1. The summed E-state index contributed by atoms with van der Waals surface area (Å²) in [6.45, 7) is 0. The highest BCUT2D eigenvalue weighted by Gasteiger charge is 2.22. The summed E-state index contributed by atoms with van der Waals surface area (Å²) < 4.78 is 2.59. The summed E-state index contributed by atoms with van der Waals surface area (Å²) in [5, 5.41) is 4.61. The van der Waals surface area contributed by atoms with Gasteiger partial charge in [0, 0.05) is 10.0 Å². The van der Waals surface area contributed by atoms with E-state index in [1.54, 1.807) is 16.8 Å². The number of aromatic nitrogens is 4. The number of fused-ring (bicyclic) bond motifs is 2. The van der Waals surface area contributed by atoms with Gasteiger partial charge in [-0.25, -0.2) is 14.6 Å². The molecule has 0 amide bonds. The normalized spacial score (nSPS) is 11.2. The molecule has 0 unspecified atom stereocenters. The van der Waals surface area contributed by atoms with E-state index < -0.39 is 0 Å². The molecule has 5 aromatic rings. The number of rotatable bonds is 3. The van der Waals surface area contributed by atoms with Crippen molar-refractivity contribution in [1.29, 1.82) is 0 Å². The summed E-state index contributed by atoms with van der Waals surface area (Å²) >= 11 is 3.40. The second-order valence-corrected chi connectivity index (χ2v) is 7.23. The average molecular weight is 429 g/mol. The monoisotopic (exact) mass is 428 g/mol. The van der Waals surface area contributed by atoms with Crippen LogP contribution in [0.5, 0.6) is 0 Å². The van der Waals surface area contributed by atoms with E-state index in [0.29, 0.717) is 22.4 Å². The Balaban J connectivity index is 1.79. The van der Waals surface area contributed by atoms with Crippen LogP contribution in [-0.2, 0) is 0 Å². The summed E-state index contributed by atoms with van der Waals surface area (Å²) in [7, 11) is 0. The number of para-hydroxylation sites is 3. The van der Waals surface area contributed by atoms with E-state index in [-0.39, 0.29) is 5.78 Å². The maximum atomic E-state index is 13.2. The van der Waals surface area contributed by atoms with E-state index in [4.69, 9.17) is 9.97 Å². The van der Waals surface area contributed by atoms with Crippen molar-refractivity contribution >= 4 is 43.9 Å². The van der Waals surface area contributed by atoms with Gasteiger partial charge in [0.05, 0.1) is 16.7 Å². The van der Waals surface area contributed by atoms with Crippen LogP contribution in [0.15, 0.2) is 83.3 Å². The lowest BCUT2D eigenvalue weighted by Gasteiger charge is -2.02. The molecule has 134 valence electrons. The Morgan fingerprint density at radius 3 is 2.14 bits per heavy atom. The summed E-state index contributed by atoms with van der Waals surface area (Å²) in [4.78, 5) is 22.6. The number of carbonyl (C=O) groups is 1. The van der Waals surface area contributed by atoms with Crippen molar-refractivity contribution in [3.63, 3.8) is 0 Å². The number of ketones is 1. The SMILES string of the molecule is O=C(c1ccc(Br)cc1)c1nn(-c2ccccc2)c2nc3ccccc3nc12. The first kappa shape index (κ1) is 16.8. The Morgan fingerprint density at radius 1 is 0.786 bits per heavy atom. The zero-order valence-electron chi connectivity index (χ0n) is 14.6. The van der Waals surface area contributed by atoms with Gasteiger partial charge in [0.1, 0.15) is 5.52 Å². The zero-order valence-corrected chi connectivity index (χ0v) is 16.2. The largest absolute Gasteiger partial charge is 0.287 e. The number of hydrogen-bond acceptors (Lipinski definition) is 4. The second kappa shape index (κ2) is 6.65. The molecule has 0 saturated heterocycles. The smallest absolute Gasteiger partial charge is 0.215 e. The Kier molecular flexibility index (Phi) is 3.98. The van der Waals surface area contributed by atoms with Gasteiger partial charge in [-0.2, -0.15) is 5.10 Å². The fraction of sp³-hybridized carbons (Fsp3) is 0. The van der Waals surface area contributed by atoms with E-state index in [2.05, 4.69) is 21.0 Å². The molecule has 0 aliphatic carbocycles. The molecule has 2 aromatic heterocycles. The van der Waals surface area contributed by atoms with Crippen LogP contribution >= 0.6 is 15.9 Å². The molecule has 0 radical (unpaired) electrons. The first-order chi connectivity index (χ1) is 13.7. The van der Waals surface area contributed by atoms with Gasteiger partial charge in [0.2, 0.25) is 5.78 Å². The molecule has 28 heavy (non-hydrogen) atoms. The molecule has 2 heterocycles. The van der Waals surface area contributed by atoms with Gasteiger partial charge in [0.15, 0.2) is 11.3 Å². The van der Waals surface area contributed by atoms with E-state index in [0.717, 1.165) is 21.2 Å². The van der Waals surface area contributed by atoms with Crippen molar-refractivity contribution in [3.8, 4) is 5.69 Å². The molecular weight excluding hydrogens is 416 g/mol. The van der Waals surface area contributed by atoms with Gasteiger partial charge in [-0.3, -0.25) is 4.79 Å². The minimum Gasteiger partial charge on any atom is -0.287 e. The van der Waals surface area contributed by atoms with Gasteiger partial charge in [-0.15, -0.1) is 0 Å². The summed E-state index contributed by atoms with van der Waals surface area (Å²) in [5.74, 6) is -0.184. The lowest BCUT2D eigenvalue weighted by molar-refractivity contribution is 0.103. The highest BCUT2D eigenvalue weighted by atomic mass is 79.9. The molecule has 0 N–H and O–H groups in total. The van der Waals surface area contributed by atoms with E-state index >= 15 is 0 Å². The highest BCUT2D eigenvalue weighted by molar-refractivity contribution is 9.10. The Hall–Kier alpha value is -3.38. The molecule has 0 fully saturated rings. The third-order valence-electron chi connectivity index (χ3n) is 4.50. The number of halogens is 1. The van der Waals surface area contributed by atoms with Crippen molar-refractivity contribution in [2.45, 2.75) is 0 Å². The number of benzene rings is 3. The topological polar surface area (TPSA) is 60.7 Å². The van der Waals surface area contributed by atoms with Crippen LogP contribution in [0.2, 0.25) is 0 Å². The fourth-order valence-corrected chi connectivity index (χ4v) is 3.40. The van der Waals surface area contributed by atoms with Crippen LogP contribution in [-0.4, -0.2) is 25.5 Å². The highest BCUT2D eigenvalue weighted by Crippen LogP contribution is 2.24. The average Bonchev–Trinajstić information content (AvgIpc) is 3.11. The van der Waals surface area contributed by atoms with Gasteiger partial charge in [0.25, 0.3) is 0 Å². The predicted octanol–water partition coefficient (Wildman–Crippen LogP) is 4.96. The van der Waals surface area contributed by atoms with Gasteiger partial charge in [-0.05, 0) is 48.5 Å². The van der Waals surface area contributed by atoms with Gasteiger partial charge < -0.3 is 0 Å². The molecule has 0 spiro atoms. The number of nitrogens with zero attached hydrogens (tertiary/aromatic N) is 4. The molecule has 0 saturated carbocycles. The van der Waals surface area contributed by atoms with Crippen molar-refractivity contribution in [2.75, 3.05) is 0 Å². The Bertz CT molecular complexity index is 1330. The molecule has 0 atom stereocenters. The minimum absolute atomic E-state index is 0.184. The molecule has 0 bridgehead atoms. The predicted molar refractivity (Wildman–Crippen MR) is 112 cm³/mol. The van der Waals surface area contributed by atoms with Crippen LogP contribution in [0.25, 0.3) is 27.9 Å². The lowest BCUT2D eigenvalue weighted by atomic mass is 10.1. The minimum atomic E-state index is -0.184. The van der Waals surface area contributed by atoms with E-state index in [1.165, 1.54) is 0 Å². The van der Waals surface area contributed by atoms with E-state index in [9.17, 15) is 4.79 Å². The number of carbonyl (C=O) groups excluding carboxylic acids is 1. The molecule has 0 aliphatic rings. The van der Waals surface area contributed by atoms with Crippen LogP contribution < -0.4 is 0 Å². The van der Waals surface area contributed by atoms with Crippen molar-refractivity contribution < 1.29 is 4.79 Å². The van der Waals surface area contributed by atoms with Crippen molar-refractivity contribution in [2.24, 2.45) is 0 Å². The number of hydrogen-bond donors (Lipinski definition) is 0. The van der Waals surface area contributed by atoms with Crippen molar-refractivity contribution in [3.05, 3.63) is 94.6 Å². The van der Waals surface area contributed by atoms with Gasteiger partial charge >= 0.3 is 0 Å². The summed E-state index contributed by atoms with van der Waals surface area (Å²) in [6, 6.07) is 24.5. The molecule has 0 aliphatic heterocycles. The van der Waals surface area contributed by atoms with Crippen molar-refractivity contribution in [1.82, 2.24) is 19.7 Å². The van der Waals surface area contributed by atoms with Gasteiger partial charge in [-0.1, -0.05) is 46.3 Å². The molecule has 3 aromatic carbocycles. The standard InChI is InChI=1S/C22H13BrN4O/c23-15-12-10-14(11-13-15)21(28)19-20-22(25-18-9-5-4-8-17(18)24-20)27(26-19)16-6-2-1-3-7-16/h1-13H. The summed E-state index contributed by atoms with van der Waals surface area (Å²) in [5.41, 5.74) is 4.21. The second-order valence-electron chi connectivity index (χ2n) is 6.32. The maximum absolute atomic E-state index is 13.2. The first-order valence-electron chi connectivity index (χ1n) is 8.72. The third kappa shape index (κ3) is 2.78. The van der Waals surface area contributed by atoms with Crippen LogP contribution in [0.4, 0.5) is 0 Å². The molecule has 5 nitrogen and oxygen atoms in total. The third-order valence-corrected chi connectivity index (χ3v) is 5.03. The maximum Gasteiger partial charge on any atom is 0.215 e. The van der Waals surface area contributed by atoms with Crippen LogP contribution in [0.3, 0.4) is 0 Å². The van der Waals surface area contributed by atoms with Crippen LogP contribution in [0, 0.1) is 0 Å². The first-order valence-corrected chi connectivity index (χ1v) is 9.51. The Morgan fingerprint density at radius 2 is 1.43 bits per heavy atom.